The van der Waals surface area contributed by atoms with Crippen molar-refractivity contribution in [1.29, 1.82) is 0 Å². The molecule has 1 heterocycles. The Balaban J connectivity index is 2.39. The fraction of sp³-hybridized carbons (Fsp3) is 0.308. The van der Waals surface area contributed by atoms with E-state index in [4.69, 9.17) is 17.3 Å². The minimum Gasteiger partial charge on any atom is -0.330 e. The third-order valence-electron chi connectivity index (χ3n) is 2.69. The van der Waals surface area contributed by atoms with Gasteiger partial charge >= 0.3 is 0 Å². The second-order valence-corrected chi connectivity index (χ2v) is 4.57. The Bertz CT molecular complexity index is 496. The highest BCUT2D eigenvalue weighted by Crippen LogP contribution is 2.22. The van der Waals surface area contributed by atoms with Gasteiger partial charge in [0.1, 0.15) is 0 Å². The molecule has 16 heavy (non-hydrogen) atoms. The Kier molecular flexibility index (Phi) is 3.42. The number of nitrogens with zero attached hydrogens (tertiary/aromatic N) is 1. The largest absolute Gasteiger partial charge is 0.330 e. The average Bonchev–Trinajstić information content (AvgIpc) is 2.30. The van der Waals surface area contributed by atoms with Crippen molar-refractivity contribution in [3.8, 4) is 0 Å². The number of para-hydroxylation sites is 1. The van der Waals surface area contributed by atoms with Crippen LogP contribution in [0.4, 0.5) is 0 Å². The standard InChI is InChI=1S/C13H15ClN2/c1-9(8-15)7-11-6-5-10-3-2-4-12(14)13(10)16-11/h2-6,9H,7-8,15H2,1H3. The summed E-state index contributed by atoms with van der Waals surface area (Å²) in [6, 6.07) is 9.93. The number of benzene rings is 1. The van der Waals surface area contributed by atoms with Crippen molar-refractivity contribution in [2.24, 2.45) is 11.7 Å². The Labute approximate surface area is 100 Å². The summed E-state index contributed by atoms with van der Waals surface area (Å²) in [5.74, 6) is 0.451. The fourth-order valence-electron chi connectivity index (χ4n) is 1.71. The topological polar surface area (TPSA) is 38.9 Å². The minimum atomic E-state index is 0.451. The summed E-state index contributed by atoms with van der Waals surface area (Å²) in [5.41, 5.74) is 7.54. The molecule has 1 aromatic heterocycles. The summed E-state index contributed by atoms with van der Waals surface area (Å²) in [6.07, 6.45) is 0.900. The molecule has 84 valence electrons. The first kappa shape index (κ1) is 11.4. The molecule has 2 nitrogen and oxygen atoms in total. The van der Waals surface area contributed by atoms with E-state index in [2.05, 4.69) is 18.0 Å². The van der Waals surface area contributed by atoms with Crippen LogP contribution < -0.4 is 5.73 Å². The van der Waals surface area contributed by atoms with E-state index in [0.29, 0.717) is 17.5 Å². The zero-order chi connectivity index (χ0) is 11.5. The van der Waals surface area contributed by atoms with Crippen LogP contribution in [0.3, 0.4) is 0 Å². The Morgan fingerprint density at radius 2 is 2.12 bits per heavy atom. The molecule has 1 aromatic carbocycles. The quantitative estimate of drug-likeness (QED) is 0.887. The van der Waals surface area contributed by atoms with Crippen LogP contribution in [0.1, 0.15) is 12.6 Å². The van der Waals surface area contributed by atoms with Gasteiger partial charge in [0.25, 0.3) is 0 Å². The number of hydrogen-bond acceptors (Lipinski definition) is 2. The zero-order valence-corrected chi connectivity index (χ0v) is 10.0. The van der Waals surface area contributed by atoms with E-state index in [-0.39, 0.29) is 0 Å². The lowest BCUT2D eigenvalue weighted by atomic mass is 10.0. The number of hydrogen-bond donors (Lipinski definition) is 1. The first-order valence-electron chi connectivity index (χ1n) is 5.45. The van der Waals surface area contributed by atoms with E-state index in [0.717, 1.165) is 23.0 Å². The molecule has 0 aliphatic carbocycles. The maximum absolute atomic E-state index is 6.11. The number of aromatic nitrogens is 1. The molecule has 2 aromatic rings. The molecule has 0 aliphatic heterocycles. The maximum Gasteiger partial charge on any atom is 0.0891 e. The molecule has 3 heteroatoms. The van der Waals surface area contributed by atoms with Gasteiger partial charge in [0.2, 0.25) is 0 Å². The van der Waals surface area contributed by atoms with Crippen LogP contribution in [0.15, 0.2) is 30.3 Å². The first-order valence-corrected chi connectivity index (χ1v) is 5.82. The lowest BCUT2D eigenvalue weighted by Gasteiger charge is -2.08. The number of fused-ring (bicyclic) bond motifs is 1. The third-order valence-corrected chi connectivity index (χ3v) is 2.99. The van der Waals surface area contributed by atoms with E-state index in [1.54, 1.807) is 0 Å². The van der Waals surface area contributed by atoms with Crippen LogP contribution in [0, 0.1) is 5.92 Å². The predicted molar refractivity (Wildman–Crippen MR) is 68.7 cm³/mol. The monoisotopic (exact) mass is 234 g/mol. The molecular formula is C13H15ClN2. The van der Waals surface area contributed by atoms with Gasteiger partial charge in [-0.15, -0.1) is 0 Å². The summed E-state index contributed by atoms with van der Waals surface area (Å²) in [5, 5.41) is 1.79. The van der Waals surface area contributed by atoms with Crippen molar-refractivity contribution in [2.45, 2.75) is 13.3 Å². The minimum absolute atomic E-state index is 0.451. The van der Waals surface area contributed by atoms with E-state index in [1.165, 1.54) is 0 Å². The average molecular weight is 235 g/mol. The number of nitrogens with two attached hydrogens (primary N) is 1. The van der Waals surface area contributed by atoms with Crippen molar-refractivity contribution in [3.05, 3.63) is 41.0 Å². The van der Waals surface area contributed by atoms with E-state index < -0.39 is 0 Å². The van der Waals surface area contributed by atoms with Gasteiger partial charge < -0.3 is 5.73 Å². The summed E-state index contributed by atoms with van der Waals surface area (Å²) >= 11 is 6.11. The van der Waals surface area contributed by atoms with Gasteiger partial charge in [0.05, 0.1) is 10.5 Å². The summed E-state index contributed by atoms with van der Waals surface area (Å²) < 4.78 is 0. The molecular weight excluding hydrogens is 220 g/mol. The van der Waals surface area contributed by atoms with Gasteiger partial charge in [-0.25, -0.2) is 0 Å². The molecule has 0 fully saturated rings. The molecule has 0 aliphatic rings. The second-order valence-electron chi connectivity index (χ2n) is 4.16. The molecule has 0 amide bonds. The van der Waals surface area contributed by atoms with Gasteiger partial charge in [-0.1, -0.05) is 36.7 Å². The molecule has 0 bridgehead atoms. The Morgan fingerprint density at radius 3 is 2.88 bits per heavy atom. The molecule has 1 atom stereocenters. The molecule has 1 unspecified atom stereocenters. The third kappa shape index (κ3) is 2.34. The van der Waals surface area contributed by atoms with Crippen LogP contribution in [-0.2, 0) is 6.42 Å². The zero-order valence-electron chi connectivity index (χ0n) is 9.28. The van der Waals surface area contributed by atoms with E-state index >= 15 is 0 Å². The van der Waals surface area contributed by atoms with Gasteiger partial charge in [-0.3, -0.25) is 4.98 Å². The fourth-order valence-corrected chi connectivity index (χ4v) is 1.93. The van der Waals surface area contributed by atoms with Crippen molar-refractivity contribution in [2.75, 3.05) is 6.54 Å². The van der Waals surface area contributed by atoms with Crippen molar-refractivity contribution in [3.63, 3.8) is 0 Å². The molecule has 0 spiro atoms. The molecule has 0 radical (unpaired) electrons. The number of rotatable bonds is 3. The predicted octanol–water partition coefficient (Wildman–Crippen LogP) is 3.03. The van der Waals surface area contributed by atoms with E-state index in [9.17, 15) is 0 Å². The SMILES string of the molecule is CC(CN)Cc1ccc2cccc(Cl)c2n1. The van der Waals surface area contributed by atoms with Gasteiger partial charge in [-0.2, -0.15) is 0 Å². The normalized spacial score (nSPS) is 12.9. The molecule has 0 saturated heterocycles. The number of pyridine rings is 1. The lowest BCUT2D eigenvalue weighted by molar-refractivity contribution is 0.585. The van der Waals surface area contributed by atoms with Crippen molar-refractivity contribution < 1.29 is 0 Å². The Hall–Kier alpha value is -1.12. The van der Waals surface area contributed by atoms with Crippen molar-refractivity contribution >= 4 is 22.5 Å². The second kappa shape index (κ2) is 4.81. The summed E-state index contributed by atoms with van der Waals surface area (Å²) in [4.78, 5) is 4.58. The number of halogens is 1. The van der Waals surface area contributed by atoms with Crippen LogP contribution in [0.5, 0.6) is 0 Å². The van der Waals surface area contributed by atoms with Crippen molar-refractivity contribution in [1.82, 2.24) is 4.98 Å². The smallest absolute Gasteiger partial charge is 0.0891 e. The highest BCUT2D eigenvalue weighted by atomic mass is 35.5. The van der Waals surface area contributed by atoms with Gasteiger partial charge in [0.15, 0.2) is 0 Å². The highest BCUT2D eigenvalue weighted by molar-refractivity contribution is 6.35. The van der Waals surface area contributed by atoms with E-state index in [1.807, 2.05) is 24.3 Å². The summed E-state index contributed by atoms with van der Waals surface area (Å²) in [7, 11) is 0. The molecule has 0 saturated carbocycles. The summed E-state index contributed by atoms with van der Waals surface area (Å²) in [6.45, 7) is 2.81. The first-order chi connectivity index (χ1) is 7.70. The van der Waals surface area contributed by atoms with Gasteiger partial charge in [-0.05, 0) is 31.0 Å². The Morgan fingerprint density at radius 1 is 1.31 bits per heavy atom. The van der Waals surface area contributed by atoms with Crippen LogP contribution in [0.2, 0.25) is 5.02 Å². The maximum atomic E-state index is 6.11. The molecule has 2 N–H and O–H groups in total. The van der Waals surface area contributed by atoms with Crippen LogP contribution in [0.25, 0.3) is 10.9 Å². The van der Waals surface area contributed by atoms with Crippen LogP contribution in [-0.4, -0.2) is 11.5 Å². The molecule has 2 rings (SSSR count). The lowest BCUT2D eigenvalue weighted by Crippen LogP contribution is -2.13. The van der Waals surface area contributed by atoms with Crippen LogP contribution >= 0.6 is 11.6 Å². The van der Waals surface area contributed by atoms with Gasteiger partial charge in [0, 0.05) is 11.1 Å². The highest BCUT2D eigenvalue weighted by Gasteiger charge is 2.05.